The van der Waals surface area contributed by atoms with Crippen molar-refractivity contribution in [3.63, 3.8) is 0 Å². The molecule has 18 heavy (non-hydrogen) atoms. The molecule has 0 aliphatic rings. The van der Waals surface area contributed by atoms with E-state index in [1.54, 1.807) is 13.2 Å². The average molecular weight is 251 g/mol. The molecule has 96 valence electrons. The van der Waals surface area contributed by atoms with E-state index < -0.39 is 5.97 Å². The molecule has 7 nitrogen and oxygen atoms in total. The fraction of sp³-hybridized carbons (Fsp3) is 0.364. The van der Waals surface area contributed by atoms with Gasteiger partial charge in [0.05, 0.1) is 26.1 Å². The highest BCUT2D eigenvalue weighted by atomic mass is 16.5. The first-order chi connectivity index (χ1) is 8.76. The molecular formula is C11H13N3O4. The van der Waals surface area contributed by atoms with Crippen molar-refractivity contribution in [1.82, 2.24) is 14.8 Å². The highest BCUT2D eigenvalue weighted by Gasteiger charge is 2.14. The van der Waals surface area contributed by atoms with Gasteiger partial charge in [-0.2, -0.15) is 14.8 Å². The minimum atomic E-state index is -0.458. The quantitative estimate of drug-likeness (QED) is 0.570. The average Bonchev–Trinajstić information content (AvgIpc) is 2.81. The van der Waals surface area contributed by atoms with Crippen LogP contribution in [0.1, 0.15) is 10.4 Å². The molecule has 2 aromatic rings. The van der Waals surface area contributed by atoms with Crippen LogP contribution in [-0.2, 0) is 9.47 Å². The highest BCUT2D eigenvalue weighted by Crippen LogP contribution is 2.16. The zero-order chi connectivity index (χ0) is 13.0. The molecule has 0 bridgehead atoms. The fourth-order valence-electron chi connectivity index (χ4n) is 1.45. The van der Waals surface area contributed by atoms with Crippen LogP contribution >= 0.6 is 0 Å². The number of hydrogen-bond acceptors (Lipinski definition) is 6. The Kier molecular flexibility index (Phi) is 3.73. The number of rotatable bonds is 5. The number of aromatic nitrogens is 3. The smallest absolute Gasteiger partial charge is 0.341 e. The number of nitrogens with zero attached hydrogens (tertiary/aromatic N) is 3. The van der Waals surface area contributed by atoms with Crippen molar-refractivity contribution in [3.05, 3.63) is 24.0 Å². The molecule has 7 heteroatoms. The van der Waals surface area contributed by atoms with Gasteiger partial charge in [0.1, 0.15) is 23.4 Å². The Balaban J connectivity index is 2.27. The number of methoxy groups -OCH3 is 2. The standard InChI is InChI=1S/C11H13N3O4/c1-16-3-4-18-8-5-10-9(11(15)17-2)7-13-14(10)12-6-8/h5-7H,3-4H2,1-2H3. The Hall–Kier alpha value is -2.15. The van der Waals surface area contributed by atoms with Crippen LogP contribution < -0.4 is 4.74 Å². The van der Waals surface area contributed by atoms with Crippen LogP contribution in [0.25, 0.3) is 5.52 Å². The Morgan fingerprint density at radius 1 is 1.28 bits per heavy atom. The van der Waals surface area contributed by atoms with Gasteiger partial charge in [-0.1, -0.05) is 0 Å². The summed E-state index contributed by atoms with van der Waals surface area (Å²) in [5.74, 6) is 0.0889. The van der Waals surface area contributed by atoms with Crippen molar-refractivity contribution < 1.29 is 19.0 Å². The summed E-state index contributed by atoms with van der Waals surface area (Å²) in [7, 11) is 2.91. The Morgan fingerprint density at radius 2 is 2.06 bits per heavy atom. The molecule has 2 rings (SSSR count). The first-order valence-corrected chi connectivity index (χ1v) is 5.30. The molecule has 0 atom stereocenters. The molecular weight excluding hydrogens is 238 g/mol. The Labute approximate surface area is 103 Å². The lowest BCUT2D eigenvalue weighted by Gasteiger charge is -2.05. The van der Waals surface area contributed by atoms with Crippen LogP contribution in [0, 0.1) is 0 Å². The van der Waals surface area contributed by atoms with Crippen molar-refractivity contribution in [2.24, 2.45) is 0 Å². The maximum absolute atomic E-state index is 11.5. The molecule has 0 aliphatic heterocycles. The molecule has 0 amide bonds. The number of ether oxygens (including phenoxy) is 3. The summed E-state index contributed by atoms with van der Waals surface area (Å²) >= 11 is 0. The second kappa shape index (κ2) is 5.46. The predicted molar refractivity (Wildman–Crippen MR) is 61.7 cm³/mol. The van der Waals surface area contributed by atoms with Gasteiger partial charge in [-0.25, -0.2) is 4.79 Å². The van der Waals surface area contributed by atoms with Gasteiger partial charge in [0, 0.05) is 13.2 Å². The molecule has 0 unspecified atom stereocenters. The maximum Gasteiger partial charge on any atom is 0.341 e. The highest BCUT2D eigenvalue weighted by molar-refractivity contribution is 5.96. The van der Waals surface area contributed by atoms with Crippen LogP contribution in [0.4, 0.5) is 0 Å². The van der Waals surface area contributed by atoms with Gasteiger partial charge < -0.3 is 14.2 Å². The van der Waals surface area contributed by atoms with Crippen LogP contribution in [0.5, 0.6) is 5.75 Å². The molecule has 0 saturated heterocycles. The molecule has 2 heterocycles. The van der Waals surface area contributed by atoms with Gasteiger partial charge in [0.15, 0.2) is 0 Å². The summed E-state index contributed by atoms with van der Waals surface area (Å²) < 4.78 is 16.3. The number of carbonyl (C=O) groups is 1. The first kappa shape index (κ1) is 12.3. The Bertz CT molecular complexity index is 552. The number of carbonyl (C=O) groups excluding carboxylic acids is 1. The normalized spacial score (nSPS) is 10.6. The second-order valence-corrected chi connectivity index (χ2v) is 3.46. The molecule has 0 fully saturated rings. The first-order valence-electron chi connectivity index (χ1n) is 5.30. The van der Waals surface area contributed by atoms with Crippen molar-refractivity contribution in [2.75, 3.05) is 27.4 Å². The van der Waals surface area contributed by atoms with E-state index in [1.807, 2.05) is 0 Å². The summed E-state index contributed by atoms with van der Waals surface area (Å²) in [5.41, 5.74) is 0.888. The van der Waals surface area contributed by atoms with Crippen LogP contribution in [-0.4, -0.2) is 48.2 Å². The lowest BCUT2D eigenvalue weighted by Crippen LogP contribution is -2.06. The predicted octanol–water partition coefficient (Wildman–Crippen LogP) is 0.541. The number of hydrogen-bond donors (Lipinski definition) is 0. The van der Waals surface area contributed by atoms with Crippen molar-refractivity contribution in [1.29, 1.82) is 0 Å². The van der Waals surface area contributed by atoms with E-state index in [1.165, 1.54) is 24.1 Å². The second-order valence-electron chi connectivity index (χ2n) is 3.46. The van der Waals surface area contributed by atoms with Crippen LogP contribution in [0.3, 0.4) is 0 Å². The van der Waals surface area contributed by atoms with Crippen LogP contribution in [0.15, 0.2) is 18.5 Å². The third kappa shape index (κ3) is 2.40. The minimum absolute atomic E-state index is 0.349. The van der Waals surface area contributed by atoms with E-state index >= 15 is 0 Å². The van der Waals surface area contributed by atoms with Gasteiger partial charge in [-0.15, -0.1) is 0 Å². The zero-order valence-electron chi connectivity index (χ0n) is 10.1. The summed E-state index contributed by atoms with van der Waals surface area (Å²) in [5, 5.41) is 7.98. The lowest BCUT2D eigenvalue weighted by atomic mass is 10.3. The fourth-order valence-corrected chi connectivity index (χ4v) is 1.45. The van der Waals surface area contributed by atoms with Crippen molar-refractivity contribution in [2.45, 2.75) is 0 Å². The largest absolute Gasteiger partial charge is 0.489 e. The zero-order valence-corrected chi connectivity index (χ0v) is 10.1. The molecule has 2 aromatic heterocycles. The molecule has 0 N–H and O–H groups in total. The molecule has 0 saturated carbocycles. The monoisotopic (exact) mass is 251 g/mol. The van der Waals surface area contributed by atoms with Gasteiger partial charge in [-0.3, -0.25) is 0 Å². The third-order valence-electron chi connectivity index (χ3n) is 2.32. The Morgan fingerprint density at radius 3 is 2.78 bits per heavy atom. The maximum atomic E-state index is 11.5. The summed E-state index contributed by atoms with van der Waals surface area (Å²) in [4.78, 5) is 11.5. The third-order valence-corrected chi connectivity index (χ3v) is 2.32. The van der Waals surface area contributed by atoms with Gasteiger partial charge in [0.2, 0.25) is 0 Å². The number of esters is 1. The minimum Gasteiger partial charge on any atom is -0.489 e. The molecule has 0 radical (unpaired) electrons. The van der Waals surface area contributed by atoms with Gasteiger partial charge >= 0.3 is 5.97 Å². The van der Waals surface area contributed by atoms with Crippen molar-refractivity contribution >= 4 is 11.5 Å². The summed E-state index contributed by atoms with van der Waals surface area (Å²) in [6, 6.07) is 1.68. The molecule has 0 aromatic carbocycles. The van der Waals surface area contributed by atoms with Crippen LogP contribution in [0.2, 0.25) is 0 Å². The van der Waals surface area contributed by atoms with E-state index in [0.29, 0.717) is 30.0 Å². The van der Waals surface area contributed by atoms with E-state index in [0.717, 1.165) is 0 Å². The topological polar surface area (TPSA) is 75.0 Å². The van der Waals surface area contributed by atoms with Crippen molar-refractivity contribution in [3.8, 4) is 5.75 Å². The van der Waals surface area contributed by atoms with E-state index in [4.69, 9.17) is 9.47 Å². The van der Waals surface area contributed by atoms with E-state index in [2.05, 4.69) is 14.9 Å². The molecule has 0 spiro atoms. The van der Waals surface area contributed by atoms with Gasteiger partial charge in [0.25, 0.3) is 0 Å². The van der Waals surface area contributed by atoms with Gasteiger partial charge in [-0.05, 0) is 0 Å². The molecule has 0 aliphatic carbocycles. The number of fused-ring (bicyclic) bond motifs is 1. The summed E-state index contributed by atoms with van der Waals surface area (Å²) in [6.45, 7) is 0.893. The van der Waals surface area contributed by atoms with E-state index in [9.17, 15) is 4.79 Å². The summed E-state index contributed by atoms with van der Waals surface area (Å²) in [6.07, 6.45) is 2.93. The lowest BCUT2D eigenvalue weighted by molar-refractivity contribution is 0.0603. The SMILES string of the molecule is COCCOc1cnn2ncc(C(=O)OC)c2c1. The van der Waals surface area contributed by atoms with E-state index in [-0.39, 0.29) is 0 Å².